The number of fused-ring (bicyclic) bond motifs is 3. The molecule has 3 aromatic rings. The van der Waals surface area contributed by atoms with Crippen LogP contribution in [0.2, 0.25) is 5.02 Å². The van der Waals surface area contributed by atoms with Gasteiger partial charge in [-0.2, -0.15) is 0 Å². The van der Waals surface area contributed by atoms with Gasteiger partial charge in [0.2, 0.25) is 0 Å². The zero-order chi connectivity index (χ0) is 18.9. The number of rotatable bonds is 3. The summed E-state index contributed by atoms with van der Waals surface area (Å²) in [6.07, 6.45) is 4.47. The third kappa shape index (κ3) is 4.13. The molecule has 1 aromatic heterocycles. The van der Waals surface area contributed by atoms with E-state index in [1.54, 1.807) is 0 Å². The number of hydrogen-bond donors (Lipinski definition) is 1. The van der Waals surface area contributed by atoms with Crippen molar-refractivity contribution < 1.29 is 4.74 Å². The van der Waals surface area contributed by atoms with Crippen LogP contribution in [0.25, 0.3) is 5.69 Å². The number of nitrogens with one attached hydrogen (secondary N) is 1. The molecule has 0 spiro atoms. The van der Waals surface area contributed by atoms with Crippen LogP contribution in [0, 0.1) is 0 Å². The van der Waals surface area contributed by atoms with E-state index in [9.17, 15) is 0 Å². The molecule has 0 bridgehead atoms. The van der Waals surface area contributed by atoms with Gasteiger partial charge < -0.3 is 10.1 Å². The molecule has 5 rings (SSSR count). The Hall–Kier alpha value is -2.08. The van der Waals surface area contributed by atoms with E-state index < -0.39 is 0 Å². The Balaban J connectivity index is 0.00000205. The number of halogens is 2. The van der Waals surface area contributed by atoms with Crippen molar-refractivity contribution in [1.82, 2.24) is 20.1 Å². The molecule has 0 saturated heterocycles. The van der Waals surface area contributed by atoms with Crippen LogP contribution in [0.3, 0.4) is 0 Å². The monoisotopic (exact) mass is 430 g/mol. The van der Waals surface area contributed by atoms with Gasteiger partial charge in [0.1, 0.15) is 11.6 Å². The van der Waals surface area contributed by atoms with Gasteiger partial charge in [0, 0.05) is 17.5 Å². The van der Waals surface area contributed by atoms with Crippen molar-refractivity contribution in [3.05, 3.63) is 70.8 Å². The molecule has 2 aromatic carbocycles. The van der Waals surface area contributed by atoms with E-state index in [1.807, 2.05) is 42.5 Å². The molecule has 1 N–H and O–H groups in total. The SMILES string of the molecule is Cl.Clc1ccc2c(c1)CNCc1nnc(C3CCC(Oc4ccccc4)CC3)n1-2. The fraction of sp³-hybridized carbons (Fsp3) is 0.364. The molecule has 7 heteroatoms. The molecule has 1 saturated carbocycles. The number of benzene rings is 2. The van der Waals surface area contributed by atoms with Crippen LogP contribution in [0.5, 0.6) is 5.75 Å². The van der Waals surface area contributed by atoms with Gasteiger partial charge >= 0.3 is 0 Å². The Morgan fingerprint density at radius 3 is 2.55 bits per heavy atom. The van der Waals surface area contributed by atoms with Crippen LogP contribution in [0.1, 0.15) is 48.8 Å². The van der Waals surface area contributed by atoms with Crippen molar-refractivity contribution in [3.63, 3.8) is 0 Å². The Bertz CT molecular complexity index is 968. The summed E-state index contributed by atoms with van der Waals surface area (Å²) in [6, 6.07) is 16.2. The average molecular weight is 431 g/mol. The van der Waals surface area contributed by atoms with Crippen molar-refractivity contribution in [3.8, 4) is 11.4 Å². The molecule has 0 radical (unpaired) electrons. The minimum atomic E-state index is 0. The minimum Gasteiger partial charge on any atom is -0.490 e. The van der Waals surface area contributed by atoms with Gasteiger partial charge in [-0.1, -0.05) is 29.8 Å². The highest BCUT2D eigenvalue weighted by atomic mass is 35.5. The van der Waals surface area contributed by atoms with Crippen molar-refractivity contribution in [2.24, 2.45) is 0 Å². The first-order valence-electron chi connectivity index (χ1n) is 9.93. The average Bonchev–Trinajstić information content (AvgIpc) is 3.05. The van der Waals surface area contributed by atoms with Crippen molar-refractivity contribution in [1.29, 1.82) is 0 Å². The van der Waals surface area contributed by atoms with Gasteiger partial charge in [0.05, 0.1) is 18.3 Å². The molecule has 1 aliphatic carbocycles. The molecule has 2 heterocycles. The molecule has 1 aliphatic heterocycles. The van der Waals surface area contributed by atoms with Crippen LogP contribution >= 0.6 is 24.0 Å². The highest BCUT2D eigenvalue weighted by molar-refractivity contribution is 6.30. The van der Waals surface area contributed by atoms with Crippen LogP contribution in [0.15, 0.2) is 48.5 Å². The van der Waals surface area contributed by atoms with Crippen LogP contribution in [-0.2, 0) is 13.1 Å². The Kier molecular flexibility index (Phi) is 6.09. The maximum absolute atomic E-state index is 6.22. The summed E-state index contributed by atoms with van der Waals surface area (Å²) in [5.41, 5.74) is 2.33. The predicted octanol–water partition coefficient (Wildman–Crippen LogP) is 5.05. The fourth-order valence-corrected chi connectivity index (χ4v) is 4.52. The molecule has 152 valence electrons. The van der Waals surface area contributed by atoms with Crippen molar-refractivity contribution in [2.75, 3.05) is 0 Å². The Morgan fingerprint density at radius 1 is 0.966 bits per heavy atom. The van der Waals surface area contributed by atoms with Crippen LogP contribution in [-0.4, -0.2) is 20.9 Å². The molecule has 2 aliphatic rings. The van der Waals surface area contributed by atoms with E-state index in [-0.39, 0.29) is 18.5 Å². The summed E-state index contributed by atoms with van der Waals surface area (Å²) in [4.78, 5) is 0. The predicted molar refractivity (Wildman–Crippen MR) is 116 cm³/mol. The van der Waals surface area contributed by atoms with E-state index in [1.165, 1.54) is 5.56 Å². The molecule has 1 fully saturated rings. The highest BCUT2D eigenvalue weighted by Gasteiger charge is 2.29. The molecule has 5 nitrogen and oxygen atoms in total. The first kappa shape index (κ1) is 20.2. The maximum Gasteiger partial charge on any atom is 0.151 e. The zero-order valence-corrected chi connectivity index (χ0v) is 17.6. The van der Waals surface area contributed by atoms with E-state index in [4.69, 9.17) is 16.3 Å². The molecule has 0 amide bonds. The smallest absolute Gasteiger partial charge is 0.151 e. The summed E-state index contributed by atoms with van der Waals surface area (Å²) in [7, 11) is 0. The van der Waals surface area contributed by atoms with Crippen LogP contribution in [0.4, 0.5) is 0 Å². The second-order valence-corrected chi connectivity index (χ2v) is 8.03. The number of nitrogens with zero attached hydrogens (tertiary/aromatic N) is 3. The quantitative estimate of drug-likeness (QED) is 0.631. The van der Waals surface area contributed by atoms with Crippen LogP contribution < -0.4 is 10.1 Å². The lowest BCUT2D eigenvalue weighted by Gasteiger charge is -2.29. The van der Waals surface area contributed by atoms with Gasteiger partial charge in [-0.05, 0) is 61.6 Å². The second kappa shape index (κ2) is 8.74. The number of aromatic nitrogens is 3. The summed E-state index contributed by atoms with van der Waals surface area (Å²) in [5, 5.41) is 13.3. The lowest BCUT2D eigenvalue weighted by atomic mass is 9.86. The lowest BCUT2D eigenvalue weighted by Crippen LogP contribution is -2.24. The standard InChI is InChI=1S/C22H23ClN4O.ClH/c23-17-8-11-20-16(12-17)13-24-14-21-25-26-22(27(20)21)15-6-9-19(10-7-15)28-18-4-2-1-3-5-18;/h1-5,8,11-12,15,19,24H,6-7,9-10,13-14H2;1H. The van der Waals surface area contributed by atoms with E-state index in [2.05, 4.69) is 26.1 Å². The lowest BCUT2D eigenvalue weighted by molar-refractivity contribution is 0.144. The number of para-hydroxylation sites is 1. The van der Waals surface area contributed by atoms with Gasteiger partial charge in [-0.15, -0.1) is 22.6 Å². The third-order valence-corrected chi connectivity index (χ3v) is 5.96. The van der Waals surface area contributed by atoms with Crippen molar-refractivity contribution in [2.45, 2.75) is 50.8 Å². The number of hydrogen-bond acceptors (Lipinski definition) is 4. The maximum atomic E-state index is 6.22. The summed E-state index contributed by atoms with van der Waals surface area (Å²) < 4.78 is 8.40. The van der Waals surface area contributed by atoms with Crippen molar-refractivity contribution >= 4 is 24.0 Å². The first-order valence-corrected chi connectivity index (χ1v) is 10.3. The molecule has 0 unspecified atom stereocenters. The van der Waals surface area contributed by atoms with E-state index in [0.717, 1.165) is 60.3 Å². The summed E-state index contributed by atoms with van der Waals surface area (Å²) in [6.45, 7) is 1.50. The van der Waals surface area contributed by atoms with E-state index >= 15 is 0 Å². The molecule has 29 heavy (non-hydrogen) atoms. The van der Waals surface area contributed by atoms with Gasteiger partial charge in [-0.25, -0.2) is 0 Å². The molecular weight excluding hydrogens is 407 g/mol. The largest absolute Gasteiger partial charge is 0.490 e. The third-order valence-electron chi connectivity index (χ3n) is 5.72. The van der Waals surface area contributed by atoms with Gasteiger partial charge in [0.25, 0.3) is 0 Å². The zero-order valence-electron chi connectivity index (χ0n) is 16.1. The highest BCUT2D eigenvalue weighted by Crippen LogP contribution is 2.36. The topological polar surface area (TPSA) is 52.0 Å². The molecular formula is C22H24Cl2N4O. The molecule has 0 atom stereocenters. The summed E-state index contributed by atoms with van der Waals surface area (Å²) in [5.74, 6) is 3.40. The summed E-state index contributed by atoms with van der Waals surface area (Å²) >= 11 is 6.22. The van der Waals surface area contributed by atoms with Gasteiger partial charge in [0.15, 0.2) is 5.82 Å². The van der Waals surface area contributed by atoms with Gasteiger partial charge in [-0.3, -0.25) is 4.57 Å². The Morgan fingerprint density at radius 2 is 1.76 bits per heavy atom. The number of ether oxygens (including phenoxy) is 1. The minimum absolute atomic E-state index is 0. The Labute approximate surface area is 181 Å². The normalized spacial score (nSPS) is 20.7. The van der Waals surface area contributed by atoms with E-state index in [0.29, 0.717) is 12.5 Å². The second-order valence-electron chi connectivity index (χ2n) is 7.59. The first-order chi connectivity index (χ1) is 13.8. The fourth-order valence-electron chi connectivity index (χ4n) is 4.32.